The maximum atomic E-state index is 15.4. The van der Waals surface area contributed by atoms with Crippen LogP contribution in [0.15, 0.2) is 54.9 Å². The van der Waals surface area contributed by atoms with Crippen LogP contribution in [0.1, 0.15) is 24.9 Å². The molecule has 11 heteroatoms. The standard InChI is InChI=1S/C31H30F4N6O/c1-18-14-39(22-16-42-17-22)8-9-40(18)28-6-2-19(12-37-28)30-25(35)13-36-26-5-7-29(38-31(26)30)41-15-21(33)11-27(41)23-10-20(32)3-4-24(23)34/h2-7,10,12-13,18,21-22,27H,8-9,11,14-17H2,1H3/t18-,21+,27-/m1/s1. The van der Waals surface area contributed by atoms with Gasteiger partial charge in [0.1, 0.15) is 35.0 Å². The Kier molecular flexibility index (Phi) is 6.94. The summed E-state index contributed by atoms with van der Waals surface area (Å²) in [6, 6.07) is 10.2. The highest BCUT2D eigenvalue weighted by Gasteiger charge is 2.36. The lowest BCUT2D eigenvalue weighted by molar-refractivity contribution is -0.0692. The Labute approximate surface area is 240 Å². The second-order valence-corrected chi connectivity index (χ2v) is 11.3. The van der Waals surface area contributed by atoms with Crippen molar-refractivity contribution in [3.05, 3.63) is 77.9 Å². The van der Waals surface area contributed by atoms with Crippen molar-refractivity contribution in [1.82, 2.24) is 19.9 Å². The van der Waals surface area contributed by atoms with Crippen LogP contribution in [-0.2, 0) is 4.74 Å². The molecule has 3 aliphatic rings. The Hall–Kier alpha value is -3.83. The SMILES string of the molecule is C[C@@H]1CN(C2COC2)CCN1c1ccc(-c2c(F)cnc3ccc(N4C[C@@H](F)C[C@@H]4c4cc(F)ccc4F)nc23)cn1. The van der Waals surface area contributed by atoms with Gasteiger partial charge < -0.3 is 14.5 Å². The van der Waals surface area contributed by atoms with Gasteiger partial charge in [0.05, 0.1) is 43.6 Å². The molecule has 3 atom stereocenters. The molecule has 0 bridgehead atoms. The van der Waals surface area contributed by atoms with Crippen LogP contribution in [0, 0.1) is 17.5 Å². The minimum Gasteiger partial charge on any atom is -0.378 e. The Bertz CT molecular complexity index is 1620. The molecule has 3 aliphatic heterocycles. The third-order valence-electron chi connectivity index (χ3n) is 8.64. The molecule has 3 fully saturated rings. The Morgan fingerprint density at radius 3 is 2.43 bits per heavy atom. The molecular weight excluding hydrogens is 548 g/mol. The van der Waals surface area contributed by atoms with Crippen molar-refractivity contribution >= 4 is 22.7 Å². The zero-order valence-corrected chi connectivity index (χ0v) is 23.1. The fourth-order valence-electron chi connectivity index (χ4n) is 6.37. The summed E-state index contributed by atoms with van der Waals surface area (Å²) in [6.07, 6.45) is 1.51. The number of hydrogen-bond donors (Lipinski definition) is 0. The molecule has 7 nitrogen and oxygen atoms in total. The number of benzene rings is 1. The number of pyridine rings is 3. The van der Waals surface area contributed by atoms with Gasteiger partial charge in [0.15, 0.2) is 5.82 Å². The van der Waals surface area contributed by atoms with E-state index in [0.717, 1.165) is 63.1 Å². The number of halogens is 4. The quantitative estimate of drug-likeness (QED) is 0.298. The van der Waals surface area contributed by atoms with Crippen molar-refractivity contribution in [2.45, 2.75) is 37.6 Å². The topological polar surface area (TPSA) is 57.6 Å². The lowest BCUT2D eigenvalue weighted by Gasteiger charge is -2.46. The normalized spacial score (nSPS) is 23.5. The molecule has 3 aromatic heterocycles. The van der Waals surface area contributed by atoms with Crippen LogP contribution < -0.4 is 9.80 Å². The molecular formula is C31H30F4N6O. The van der Waals surface area contributed by atoms with Crippen LogP contribution in [0.4, 0.5) is 29.2 Å². The number of fused-ring (bicyclic) bond motifs is 1. The fraction of sp³-hybridized carbons (Fsp3) is 0.387. The van der Waals surface area contributed by atoms with Crippen LogP contribution >= 0.6 is 0 Å². The number of nitrogens with zero attached hydrogens (tertiary/aromatic N) is 6. The van der Waals surface area contributed by atoms with Gasteiger partial charge in [-0.25, -0.2) is 27.5 Å². The summed E-state index contributed by atoms with van der Waals surface area (Å²) in [5, 5.41) is 0. The van der Waals surface area contributed by atoms with Crippen molar-refractivity contribution in [2.75, 3.05) is 49.2 Å². The molecule has 4 aromatic rings. The summed E-state index contributed by atoms with van der Waals surface area (Å²) in [7, 11) is 0. The summed E-state index contributed by atoms with van der Waals surface area (Å²) in [6.45, 7) is 6.38. The number of hydrogen-bond acceptors (Lipinski definition) is 7. The Morgan fingerprint density at radius 1 is 0.857 bits per heavy atom. The summed E-state index contributed by atoms with van der Waals surface area (Å²) in [5.41, 5.74) is 1.56. The summed E-state index contributed by atoms with van der Waals surface area (Å²) in [5.74, 6) is -0.640. The van der Waals surface area contributed by atoms with Crippen LogP contribution in [0.25, 0.3) is 22.2 Å². The summed E-state index contributed by atoms with van der Waals surface area (Å²) < 4.78 is 64.1. The highest BCUT2D eigenvalue weighted by atomic mass is 19.1. The minimum absolute atomic E-state index is 0.0130. The van der Waals surface area contributed by atoms with Gasteiger partial charge in [-0.05, 0) is 49.4 Å². The van der Waals surface area contributed by atoms with Gasteiger partial charge in [0, 0.05) is 55.0 Å². The zero-order valence-electron chi connectivity index (χ0n) is 23.1. The van der Waals surface area contributed by atoms with E-state index in [9.17, 15) is 13.2 Å². The third kappa shape index (κ3) is 4.84. The van der Waals surface area contributed by atoms with Gasteiger partial charge in [0.25, 0.3) is 0 Å². The number of alkyl halides is 1. The lowest BCUT2D eigenvalue weighted by atomic mass is 10.0. The Morgan fingerprint density at radius 2 is 1.69 bits per heavy atom. The first-order valence-corrected chi connectivity index (χ1v) is 14.2. The molecule has 0 saturated carbocycles. The van der Waals surface area contributed by atoms with Crippen LogP contribution in [0.5, 0.6) is 0 Å². The Balaban J connectivity index is 1.20. The van der Waals surface area contributed by atoms with Crippen molar-refractivity contribution in [3.8, 4) is 11.1 Å². The average Bonchev–Trinajstić information content (AvgIpc) is 3.35. The van der Waals surface area contributed by atoms with Gasteiger partial charge in [0.2, 0.25) is 0 Å². The smallest absolute Gasteiger partial charge is 0.151 e. The highest BCUT2D eigenvalue weighted by molar-refractivity contribution is 5.92. The first-order valence-electron chi connectivity index (χ1n) is 14.2. The number of rotatable bonds is 5. The maximum Gasteiger partial charge on any atom is 0.151 e. The molecule has 218 valence electrons. The predicted octanol–water partition coefficient (Wildman–Crippen LogP) is 5.31. The van der Waals surface area contributed by atoms with E-state index >= 15 is 4.39 Å². The van der Waals surface area contributed by atoms with Gasteiger partial charge in [-0.15, -0.1) is 0 Å². The second kappa shape index (κ2) is 10.8. The van der Waals surface area contributed by atoms with Crippen LogP contribution in [0.2, 0.25) is 0 Å². The molecule has 0 unspecified atom stereocenters. The number of anilines is 2. The van der Waals surface area contributed by atoms with Crippen molar-refractivity contribution in [1.29, 1.82) is 0 Å². The number of aromatic nitrogens is 3. The molecule has 6 heterocycles. The van der Waals surface area contributed by atoms with E-state index in [4.69, 9.17) is 14.7 Å². The largest absolute Gasteiger partial charge is 0.378 e. The molecule has 0 radical (unpaired) electrons. The molecule has 3 saturated heterocycles. The van der Waals surface area contributed by atoms with Crippen LogP contribution in [-0.4, -0.2) is 77.5 Å². The first kappa shape index (κ1) is 27.0. The van der Waals surface area contributed by atoms with Crippen LogP contribution in [0.3, 0.4) is 0 Å². The van der Waals surface area contributed by atoms with E-state index in [1.807, 2.05) is 12.1 Å². The molecule has 42 heavy (non-hydrogen) atoms. The van der Waals surface area contributed by atoms with Gasteiger partial charge >= 0.3 is 0 Å². The molecule has 0 N–H and O–H groups in total. The van der Waals surface area contributed by atoms with Gasteiger partial charge in [-0.3, -0.25) is 9.88 Å². The van der Waals surface area contributed by atoms with E-state index in [1.54, 1.807) is 23.2 Å². The maximum absolute atomic E-state index is 15.4. The van der Waals surface area contributed by atoms with E-state index in [2.05, 4.69) is 21.7 Å². The average molecular weight is 579 g/mol. The molecule has 0 aliphatic carbocycles. The van der Waals surface area contributed by atoms with Crippen molar-refractivity contribution < 1.29 is 22.3 Å². The van der Waals surface area contributed by atoms with E-state index in [1.165, 1.54) is 0 Å². The summed E-state index contributed by atoms with van der Waals surface area (Å²) >= 11 is 0. The fourth-order valence-corrected chi connectivity index (χ4v) is 6.37. The van der Waals surface area contributed by atoms with Crippen molar-refractivity contribution in [3.63, 3.8) is 0 Å². The number of ether oxygens (including phenoxy) is 1. The minimum atomic E-state index is -1.26. The molecule has 0 spiro atoms. The highest BCUT2D eigenvalue weighted by Crippen LogP contribution is 2.39. The van der Waals surface area contributed by atoms with Gasteiger partial charge in [-0.2, -0.15) is 0 Å². The monoisotopic (exact) mass is 578 g/mol. The third-order valence-corrected chi connectivity index (χ3v) is 8.64. The zero-order chi connectivity index (χ0) is 29.0. The number of piperazine rings is 1. The predicted molar refractivity (Wildman–Crippen MR) is 152 cm³/mol. The lowest BCUT2D eigenvalue weighted by Crippen LogP contribution is -2.59. The van der Waals surface area contributed by atoms with E-state index in [-0.39, 0.29) is 35.7 Å². The second-order valence-electron chi connectivity index (χ2n) is 11.3. The van der Waals surface area contributed by atoms with Gasteiger partial charge in [-0.1, -0.05) is 0 Å². The van der Waals surface area contributed by atoms with E-state index < -0.39 is 29.7 Å². The summed E-state index contributed by atoms with van der Waals surface area (Å²) in [4.78, 5) is 19.9. The molecule has 0 amide bonds. The first-order chi connectivity index (χ1) is 20.4. The molecule has 7 rings (SSSR count). The van der Waals surface area contributed by atoms with E-state index in [0.29, 0.717) is 22.9 Å². The van der Waals surface area contributed by atoms with Crippen molar-refractivity contribution in [2.24, 2.45) is 0 Å². The molecule has 1 aromatic carbocycles.